The van der Waals surface area contributed by atoms with Crippen LogP contribution in [0.1, 0.15) is 25.0 Å². The summed E-state index contributed by atoms with van der Waals surface area (Å²) in [4.78, 5) is 0. The van der Waals surface area contributed by atoms with Crippen LogP contribution in [0.2, 0.25) is 0 Å². The first-order chi connectivity index (χ1) is 8.14. The summed E-state index contributed by atoms with van der Waals surface area (Å²) in [6.45, 7) is 4.48. The average Bonchev–Trinajstić information content (AvgIpc) is 2.40. The fraction of sp³-hybridized carbons (Fsp3) is 0.250. The Balaban J connectivity index is 2.37. The van der Waals surface area contributed by atoms with Crippen LogP contribution < -0.4 is 4.74 Å². The van der Waals surface area contributed by atoms with Gasteiger partial charge in [-0.05, 0) is 23.3 Å². The van der Waals surface area contributed by atoms with Crippen molar-refractivity contribution in [1.29, 1.82) is 0 Å². The number of benzene rings is 2. The van der Waals surface area contributed by atoms with Crippen molar-refractivity contribution in [2.24, 2.45) is 0 Å². The summed E-state index contributed by atoms with van der Waals surface area (Å²) in [6.07, 6.45) is 0. The molecule has 1 heteroatoms. The maximum Gasteiger partial charge on any atom is 0.118 e. The topological polar surface area (TPSA) is 9.23 Å². The number of hydrogen-bond acceptors (Lipinski definition) is 1. The first-order valence-electron chi connectivity index (χ1n) is 5.84. The highest BCUT2D eigenvalue weighted by Crippen LogP contribution is 2.31. The summed E-state index contributed by atoms with van der Waals surface area (Å²) in [6, 6.07) is 18.8. The van der Waals surface area contributed by atoms with Gasteiger partial charge in [-0.3, -0.25) is 0 Å². The molecule has 17 heavy (non-hydrogen) atoms. The molecule has 0 aliphatic carbocycles. The number of rotatable bonds is 3. The molecule has 1 nitrogen and oxygen atoms in total. The predicted octanol–water partition coefficient (Wildman–Crippen LogP) is 4.02. The lowest BCUT2D eigenvalue weighted by atomic mass is 9.78. The Labute approximate surface area is 103 Å². The highest BCUT2D eigenvalue weighted by molar-refractivity contribution is 5.39. The van der Waals surface area contributed by atoms with E-state index in [1.807, 2.05) is 18.2 Å². The van der Waals surface area contributed by atoms with Crippen LogP contribution in [0.5, 0.6) is 5.75 Å². The van der Waals surface area contributed by atoms with Gasteiger partial charge in [-0.25, -0.2) is 0 Å². The molecule has 0 spiro atoms. The Morgan fingerprint density at radius 2 is 1.29 bits per heavy atom. The van der Waals surface area contributed by atoms with E-state index in [1.54, 1.807) is 7.11 Å². The first kappa shape index (κ1) is 11.7. The number of methoxy groups -OCH3 is 1. The third-order valence-corrected chi connectivity index (χ3v) is 3.31. The first-order valence-corrected chi connectivity index (χ1v) is 5.84. The van der Waals surface area contributed by atoms with E-state index in [1.165, 1.54) is 11.1 Å². The highest BCUT2D eigenvalue weighted by atomic mass is 16.5. The predicted molar refractivity (Wildman–Crippen MR) is 71.6 cm³/mol. The second kappa shape index (κ2) is 4.62. The van der Waals surface area contributed by atoms with Crippen LogP contribution in [0.4, 0.5) is 0 Å². The normalized spacial score (nSPS) is 11.2. The van der Waals surface area contributed by atoms with Gasteiger partial charge in [-0.1, -0.05) is 56.3 Å². The molecular weight excluding hydrogens is 208 g/mol. The molecule has 0 unspecified atom stereocenters. The van der Waals surface area contributed by atoms with Crippen molar-refractivity contribution in [2.45, 2.75) is 19.3 Å². The van der Waals surface area contributed by atoms with E-state index in [9.17, 15) is 0 Å². The second-order valence-electron chi connectivity index (χ2n) is 4.72. The van der Waals surface area contributed by atoms with E-state index in [-0.39, 0.29) is 5.41 Å². The van der Waals surface area contributed by atoms with Crippen LogP contribution in [0.25, 0.3) is 0 Å². The van der Waals surface area contributed by atoms with Crippen molar-refractivity contribution >= 4 is 0 Å². The van der Waals surface area contributed by atoms with Gasteiger partial charge in [0.2, 0.25) is 0 Å². The van der Waals surface area contributed by atoms with Gasteiger partial charge >= 0.3 is 0 Å². The van der Waals surface area contributed by atoms with E-state index in [4.69, 9.17) is 4.74 Å². The summed E-state index contributed by atoms with van der Waals surface area (Å²) in [5, 5.41) is 0. The van der Waals surface area contributed by atoms with Gasteiger partial charge in [0, 0.05) is 5.41 Å². The summed E-state index contributed by atoms with van der Waals surface area (Å²) < 4.78 is 5.19. The Bertz CT molecular complexity index is 469. The van der Waals surface area contributed by atoms with Crippen LogP contribution in [0.3, 0.4) is 0 Å². The Morgan fingerprint density at radius 3 is 1.82 bits per heavy atom. The van der Waals surface area contributed by atoms with E-state index in [0.717, 1.165) is 5.75 Å². The number of ether oxygens (including phenoxy) is 1. The van der Waals surface area contributed by atoms with Gasteiger partial charge in [0.25, 0.3) is 0 Å². The lowest BCUT2D eigenvalue weighted by Crippen LogP contribution is -2.18. The SMILES string of the molecule is COc1ccc(C(C)(C)c2ccccc2)cc1. The van der Waals surface area contributed by atoms with Gasteiger partial charge in [0.05, 0.1) is 7.11 Å². The molecule has 0 radical (unpaired) electrons. The Morgan fingerprint density at radius 1 is 0.765 bits per heavy atom. The molecular formula is C16H18O. The zero-order chi connectivity index (χ0) is 12.3. The van der Waals surface area contributed by atoms with E-state index in [0.29, 0.717) is 0 Å². The van der Waals surface area contributed by atoms with Crippen molar-refractivity contribution in [3.8, 4) is 5.75 Å². The maximum atomic E-state index is 5.19. The van der Waals surface area contributed by atoms with Crippen LogP contribution in [0.15, 0.2) is 54.6 Å². The molecule has 0 aliphatic rings. The average molecular weight is 226 g/mol. The molecule has 0 saturated heterocycles. The molecule has 2 rings (SSSR count). The molecule has 0 heterocycles. The van der Waals surface area contributed by atoms with Crippen LogP contribution in [-0.2, 0) is 5.41 Å². The van der Waals surface area contributed by atoms with Crippen molar-refractivity contribution in [2.75, 3.05) is 7.11 Å². The van der Waals surface area contributed by atoms with Crippen molar-refractivity contribution in [1.82, 2.24) is 0 Å². The molecule has 2 aromatic rings. The third kappa shape index (κ3) is 2.33. The quantitative estimate of drug-likeness (QED) is 0.768. The number of hydrogen-bond donors (Lipinski definition) is 0. The molecule has 2 aromatic carbocycles. The Hall–Kier alpha value is -1.76. The van der Waals surface area contributed by atoms with Gasteiger partial charge in [-0.2, -0.15) is 0 Å². The molecule has 0 aromatic heterocycles. The van der Waals surface area contributed by atoms with Crippen LogP contribution >= 0.6 is 0 Å². The molecule has 0 N–H and O–H groups in total. The molecule has 0 atom stereocenters. The third-order valence-electron chi connectivity index (χ3n) is 3.31. The summed E-state index contributed by atoms with van der Waals surface area (Å²) in [5.41, 5.74) is 2.64. The molecule has 0 aliphatic heterocycles. The lowest BCUT2D eigenvalue weighted by molar-refractivity contribution is 0.414. The minimum atomic E-state index is 0.0214. The standard InChI is InChI=1S/C16H18O/c1-16(2,13-7-5-4-6-8-13)14-9-11-15(17-3)12-10-14/h4-12H,1-3H3. The van der Waals surface area contributed by atoms with E-state index < -0.39 is 0 Å². The maximum absolute atomic E-state index is 5.19. The van der Waals surface area contributed by atoms with E-state index in [2.05, 4.69) is 50.2 Å². The minimum Gasteiger partial charge on any atom is -0.497 e. The van der Waals surface area contributed by atoms with E-state index >= 15 is 0 Å². The molecule has 0 saturated carbocycles. The zero-order valence-electron chi connectivity index (χ0n) is 10.6. The van der Waals surface area contributed by atoms with Crippen molar-refractivity contribution < 1.29 is 4.74 Å². The van der Waals surface area contributed by atoms with Crippen LogP contribution in [0, 0.1) is 0 Å². The lowest BCUT2D eigenvalue weighted by Gasteiger charge is -2.26. The fourth-order valence-corrected chi connectivity index (χ4v) is 2.03. The molecule has 88 valence electrons. The van der Waals surface area contributed by atoms with Gasteiger partial charge in [0.15, 0.2) is 0 Å². The Kier molecular flexibility index (Phi) is 3.19. The smallest absolute Gasteiger partial charge is 0.118 e. The zero-order valence-corrected chi connectivity index (χ0v) is 10.6. The molecule has 0 bridgehead atoms. The fourth-order valence-electron chi connectivity index (χ4n) is 2.03. The van der Waals surface area contributed by atoms with Gasteiger partial charge in [-0.15, -0.1) is 0 Å². The van der Waals surface area contributed by atoms with Crippen LogP contribution in [-0.4, -0.2) is 7.11 Å². The summed E-state index contributed by atoms with van der Waals surface area (Å²) >= 11 is 0. The monoisotopic (exact) mass is 226 g/mol. The largest absolute Gasteiger partial charge is 0.497 e. The summed E-state index contributed by atoms with van der Waals surface area (Å²) in [5.74, 6) is 0.901. The summed E-state index contributed by atoms with van der Waals surface area (Å²) in [7, 11) is 1.69. The second-order valence-corrected chi connectivity index (χ2v) is 4.72. The van der Waals surface area contributed by atoms with Gasteiger partial charge in [0.1, 0.15) is 5.75 Å². The minimum absolute atomic E-state index is 0.0214. The van der Waals surface area contributed by atoms with Crippen molar-refractivity contribution in [3.63, 3.8) is 0 Å². The molecule has 0 amide bonds. The molecule has 0 fully saturated rings. The van der Waals surface area contributed by atoms with Crippen molar-refractivity contribution in [3.05, 3.63) is 65.7 Å². The highest BCUT2D eigenvalue weighted by Gasteiger charge is 2.22. The van der Waals surface area contributed by atoms with Gasteiger partial charge < -0.3 is 4.74 Å².